The third kappa shape index (κ3) is 1.29. The van der Waals surface area contributed by atoms with Gasteiger partial charge in [0.25, 0.3) is 0 Å². The third-order valence-electron chi connectivity index (χ3n) is 2.51. The van der Waals surface area contributed by atoms with Crippen LogP contribution < -0.4 is 0 Å². The Balaban J connectivity index is 2.48. The Bertz CT molecular complexity index is 366. The van der Waals surface area contributed by atoms with Crippen LogP contribution in [0.3, 0.4) is 0 Å². The highest BCUT2D eigenvalue weighted by Gasteiger charge is 2.16. The molecule has 0 aromatic heterocycles. The van der Waals surface area contributed by atoms with Crippen molar-refractivity contribution in [3.63, 3.8) is 0 Å². The quantitative estimate of drug-likeness (QED) is 0.631. The maximum absolute atomic E-state index is 10.7. The Morgan fingerprint density at radius 2 is 1.29 bits per heavy atom. The van der Waals surface area contributed by atoms with E-state index in [1.807, 2.05) is 24.3 Å². The molecule has 0 unspecified atom stereocenters. The molecule has 0 amide bonds. The number of hydrogen-bond donors (Lipinski definition) is 0. The Morgan fingerprint density at radius 3 is 1.64 bits per heavy atom. The SMILES string of the molecule is O=CC1=C(C2=C(C=O)CC=C2)C=CC1. The van der Waals surface area contributed by atoms with Crippen molar-refractivity contribution in [2.75, 3.05) is 0 Å². The predicted octanol–water partition coefficient (Wildman–Crippen LogP) is 1.90. The number of rotatable bonds is 3. The van der Waals surface area contributed by atoms with Crippen molar-refractivity contribution in [2.24, 2.45) is 0 Å². The van der Waals surface area contributed by atoms with E-state index >= 15 is 0 Å². The maximum Gasteiger partial charge on any atom is 0.146 e. The highest BCUT2D eigenvalue weighted by atomic mass is 16.1. The van der Waals surface area contributed by atoms with Gasteiger partial charge < -0.3 is 0 Å². The van der Waals surface area contributed by atoms with Crippen LogP contribution >= 0.6 is 0 Å². The molecule has 2 aliphatic carbocycles. The van der Waals surface area contributed by atoms with Gasteiger partial charge in [-0.15, -0.1) is 0 Å². The van der Waals surface area contributed by atoms with Crippen LogP contribution in [0.5, 0.6) is 0 Å². The van der Waals surface area contributed by atoms with Gasteiger partial charge >= 0.3 is 0 Å². The van der Waals surface area contributed by atoms with E-state index in [4.69, 9.17) is 0 Å². The average molecular weight is 186 g/mol. The van der Waals surface area contributed by atoms with E-state index in [9.17, 15) is 9.59 Å². The van der Waals surface area contributed by atoms with E-state index in [-0.39, 0.29) is 0 Å². The minimum absolute atomic E-state index is 0.683. The van der Waals surface area contributed by atoms with Gasteiger partial charge in [-0.05, 0) is 24.0 Å². The van der Waals surface area contributed by atoms with Gasteiger partial charge in [0.2, 0.25) is 0 Å². The molecule has 0 aromatic carbocycles. The third-order valence-corrected chi connectivity index (χ3v) is 2.51. The lowest BCUT2D eigenvalue weighted by atomic mass is 10.0. The molecule has 0 N–H and O–H groups in total. The van der Waals surface area contributed by atoms with Gasteiger partial charge in [-0.1, -0.05) is 24.3 Å². The molecule has 0 saturated carbocycles. The summed E-state index contributed by atoms with van der Waals surface area (Å²) in [5.74, 6) is 0. The van der Waals surface area contributed by atoms with Crippen molar-refractivity contribution in [3.05, 3.63) is 46.6 Å². The molecule has 2 heteroatoms. The summed E-state index contributed by atoms with van der Waals surface area (Å²) in [4.78, 5) is 21.5. The molecule has 0 radical (unpaired) electrons. The minimum Gasteiger partial charge on any atom is -0.298 e. The lowest BCUT2D eigenvalue weighted by Gasteiger charge is -2.02. The Hall–Kier alpha value is -1.70. The zero-order chi connectivity index (χ0) is 9.97. The molecule has 0 heterocycles. The highest BCUT2D eigenvalue weighted by molar-refractivity contribution is 5.86. The molecule has 0 aliphatic heterocycles. The monoisotopic (exact) mass is 186 g/mol. The van der Waals surface area contributed by atoms with E-state index in [2.05, 4.69) is 0 Å². The maximum atomic E-state index is 10.7. The summed E-state index contributed by atoms with van der Waals surface area (Å²) in [6.07, 6.45) is 10.8. The standard InChI is InChI=1S/C12H10O2/c13-7-9-3-1-5-11(9)12-6-2-4-10(12)8-14/h1-2,5-8H,3-4H2. The zero-order valence-corrected chi connectivity index (χ0v) is 7.69. The second-order valence-corrected chi connectivity index (χ2v) is 3.33. The fourth-order valence-corrected chi connectivity index (χ4v) is 1.79. The van der Waals surface area contributed by atoms with Crippen LogP contribution in [-0.4, -0.2) is 12.6 Å². The van der Waals surface area contributed by atoms with Gasteiger partial charge in [0, 0.05) is 11.1 Å². The topological polar surface area (TPSA) is 34.1 Å². The molecule has 14 heavy (non-hydrogen) atoms. The van der Waals surface area contributed by atoms with E-state index in [1.165, 1.54) is 0 Å². The molecule has 2 aliphatic rings. The molecular weight excluding hydrogens is 176 g/mol. The van der Waals surface area contributed by atoms with E-state index in [1.54, 1.807) is 0 Å². The Kier molecular flexibility index (Phi) is 2.27. The normalized spacial score (nSPS) is 19.7. The van der Waals surface area contributed by atoms with Crippen LogP contribution in [0.4, 0.5) is 0 Å². The molecule has 2 rings (SSSR count). The molecule has 0 atom stereocenters. The molecule has 2 nitrogen and oxygen atoms in total. The fraction of sp³-hybridized carbons (Fsp3) is 0.167. The summed E-state index contributed by atoms with van der Waals surface area (Å²) < 4.78 is 0. The predicted molar refractivity (Wildman–Crippen MR) is 53.7 cm³/mol. The van der Waals surface area contributed by atoms with E-state index in [0.29, 0.717) is 12.8 Å². The second-order valence-electron chi connectivity index (χ2n) is 3.33. The molecular formula is C12H10O2. The van der Waals surface area contributed by atoms with Gasteiger partial charge in [-0.2, -0.15) is 0 Å². The first-order valence-corrected chi connectivity index (χ1v) is 4.57. The van der Waals surface area contributed by atoms with Crippen molar-refractivity contribution >= 4 is 12.6 Å². The van der Waals surface area contributed by atoms with Crippen molar-refractivity contribution in [1.29, 1.82) is 0 Å². The largest absolute Gasteiger partial charge is 0.298 e. The second kappa shape index (κ2) is 3.58. The zero-order valence-electron chi connectivity index (χ0n) is 7.69. The number of hydrogen-bond acceptors (Lipinski definition) is 2. The van der Waals surface area contributed by atoms with Crippen LogP contribution in [-0.2, 0) is 9.59 Å². The van der Waals surface area contributed by atoms with E-state index < -0.39 is 0 Å². The first-order valence-electron chi connectivity index (χ1n) is 4.57. The summed E-state index contributed by atoms with van der Waals surface area (Å²) >= 11 is 0. The summed E-state index contributed by atoms with van der Waals surface area (Å²) in [6, 6.07) is 0. The van der Waals surface area contributed by atoms with Crippen LogP contribution in [0.25, 0.3) is 0 Å². The molecule has 0 saturated heterocycles. The van der Waals surface area contributed by atoms with Crippen molar-refractivity contribution in [2.45, 2.75) is 12.8 Å². The van der Waals surface area contributed by atoms with Crippen LogP contribution in [0.1, 0.15) is 12.8 Å². The average Bonchev–Trinajstić information content (AvgIpc) is 2.85. The van der Waals surface area contributed by atoms with Crippen LogP contribution in [0.2, 0.25) is 0 Å². The highest BCUT2D eigenvalue weighted by Crippen LogP contribution is 2.30. The minimum atomic E-state index is 0.683. The molecule has 0 spiro atoms. The van der Waals surface area contributed by atoms with E-state index in [0.717, 1.165) is 34.9 Å². The smallest absolute Gasteiger partial charge is 0.146 e. The van der Waals surface area contributed by atoms with Gasteiger partial charge in [-0.3, -0.25) is 9.59 Å². The van der Waals surface area contributed by atoms with Gasteiger partial charge in [0.1, 0.15) is 12.6 Å². The lowest BCUT2D eigenvalue weighted by Crippen LogP contribution is -1.92. The van der Waals surface area contributed by atoms with Crippen molar-refractivity contribution < 1.29 is 9.59 Å². The van der Waals surface area contributed by atoms with Gasteiger partial charge in [0.05, 0.1) is 0 Å². The van der Waals surface area contributed by atoms with Crippen molar-refractivity contribution in [1.82, 2.24) is 0 Å². The first-order chi connectivity index (χ1) is 6.86. The van der Waals surface area contributed by atoms with Crippen LogP contribution in [0, 0.1) is 0 Å². The Labute approximate surface area is 82.3 Å². The summed E-state index contributed by atoms with van der Waals surface area (Å²) in [5.41, 5.74) is 3.36. The lowest BCUT2D eigenvalue weighted by molar-refractivity contribution is -0.105. The van der Waals surface area contributed by atoms with Gasteiger partial charge in [0.15, 0.2) is 0 Å². The number of allylic oxidation sites excluding steroid dienone is 8. The number of carbonyl (C=O) groups is 2. The first kappa shape index (κ1) is 8.88. The summed E-state index contributed by atoms with van der Waals surface area (Å²) in [5, 5.41) is 0. The van der Waals surface area contributed by atoms with Gasteiger partial charge in [-0.25, -0.2) is 0 Å². The Morgan fingerprint density at radius 1 is 0.857 bits per heavy atom. The molecule has 0 aromatic rings. The van der Waals surface area contributed by atoms with Crippen LogP contribution in [0.15, 0.2) is 46.6 Å². The molecule has 0 bridgehead atoms. The number of carbonyl (C=O) groups excluding carboxylic acids is 2. The fourth-order valence-electron chi connectivity index (χ4n) is 1.79. The molecule has 70 valence electrons. The summed E-state index contributed by atoms with van der Waals surface area (Å²) in [6.45, 7) is 0. The summed E-state index contributed by atoms with van der Waals surface area (Å²) in [7, 11) is 0. The molecule has 0 fully saturated rings. The number of aldehydes is 2. The van der Waals surface area contributed by atoms with Crippen molar-refractivity contribution in [3.8, 4) is 0 Å².